The number of aromatic nitrogens is 1. The quantitative estimate of drug-likeness (QED) is 0.130. The molecule has 3 aliphatic heterocycles. The highest BCUT2D eigenvalue weighted by molar-refractivity contribution is 6.31. The van der Waals surface area contributed by atoms with Crippen LogP contribution in [0.3, 0.4) is 0 Å². The number of para-hydroxylation sites is 3. The number of aliphatic carboxylic acids is 2. The zero-order valence-corrected chi connectivity index (χ0v) is 37.2. The molecule has 3 fully saturated rings. The number of hydrogen-bond donors (Lipinski definition) is 2. The third kappa shape index (κ3) is 9.46. The van der Waals surface area contributed by atoms with Crippen LogP contribution in [0.2, 0.25) is 10.0 Å². The summed E-state index contributed by atoms with van der Waals surface area (Å²) in [5, 5.41) is 20.6. The molecular weight excluding hydrogens is 859 g/mol. The van der Waals surface area contributed by atoms with Gasteiger partial charge in [-0.15, -0.1) is 0 Å². The number of methoxy groups -OCH3 is 3. The van der Waals surface area contributed by atoms with Gasteiger partial charge in [0.2, 0.25) is 5.91 Å². The van der Waals surface area contributed by atoms with E-state index in [2.05, 4.69) is 9.88 Å². The number of benzene rings is 4. The van der Waals surface area contributed by atoms with Crippen molar-refractivity contribution in [2.24, 2.45) is 5.92 Å². The first-order chi connectivity index (χ1) is 31.0. The number of likely N-dealkylation sites (tertiary alicyclic amines) is 2. The maximum Gasteiger partial charge on any atom is 0.326 e. The van der Waals surface area contributed by atoms with Gasteiger partial charge >= 0.3 is 11.9 Å². The highest BCUT2D eigenvalue weighted by atomic mass is 35.5. The van der Waals surface area contributed by atoms with Crippen LogP contribution in [0.25, 0.3) is 11.3 Å². The normalized spacial score (nSPS) is 19.7. The van der Waals surface area contributed by atoms with E-state index < -0.39 is 36.0 Å². The predicted molar refractivity (Wildman–Crippen MR) is 243 cm³/mol. The van der Waals surface area contributed by atoms with Crippen LogP contribution < -0.4 is 19.1 Å². The fourth-order valence-corrected chi connectivity index (χ4v) is 9.70. The van der Waals surface area contributed by atoms with Crippen LogP contribution in [-0.2, 0) is 14.4 Å². The summed E-state index contributed by atoms with van der Waals surface area (Å²) in [4.78, 5) is 60.7. The smallest absolute Gasteiger partial charge is 0.326 e. The first kappa shape index (κ1) is 45.7. The minimum atomic E-state index is -1.05. The Labute approximate surface area is 382 Å². The molecule has 13 nitrogen and oxygen atoms in total. The Bertz CT molecular complexity index is 2500. The van der Waals surface area contributed by atoms with Gasteiger partial charge in [0.25, 0.3) is 5.91 Å². The lowest BCUT2D eigenvalue weighted by molar-refractivity contribution is -0.152. The average molecular weight is 910 g/mol. The summed E-state index contributed by atoms with van der Waals surface area (Å²) < 4.78 is 16.4. The highest BCUT2D eigenvalue weighted by Gasteiger charge is 2.45. The number of carboxylic acid groups (broad SMARTS) is 2. The summed E-state index contributed by atoms with van der Waals surface area (Å²) >= 11 is 12.8. The van der Waals surface area contributed by atoms with Crippen LogP contribution in [0.4, 0.5) is 5.69 Å². The van der Waals surface area contributed by atoms with Crippen LogP contribution in [0, 0.1) is 5.92 Å². The van der Waals surface area contributed by atoms with Crippen molar-refractivity contribution < 1.29 is 43.6 Å². The van der Waals surface area contributed by atoms with E-state index in [9.17, 15) is 29.4 Å². The van der Waals surface area contributed by atoms with E-state index in [1.807, 2.05) is 78.9 Å². The number of amides is 2. The van der Waals surface area contributed by atoms with Crippen molar-refractivity contribution in [2.45, 2.75) is 62.7 Å². The molecule has 2 N–H and O–H groups in total. The van der Waals surface area contributed by atoms with Crippen LogP contribution in [-0.4, -0.2) is 95.3 Å². The minimum Gasteiger partial charge on any atom is -0.496 e. The number of hydrogen-bond acceptors (Lipinski definition) is 9. The molecule has 3 aliphatic rings. The van der Waals surface area contributed by atoms with E-state index in [1.54, 1.807) is 43.4 Å². The zero-order valence-electron chi connectivity index (χ0n) is 35.7. The van der Waals surface area contributed by atoms with Crippen LogP contribution in [0.5, 0.6) is 17.2 Å². The van der Waals surface area contributed by atoms with Gasteiger partial charge in [-0.2, -0.15) is 0 Å². The molecular formula is C49H50Cl2N4O9. The molecule has 1 aromatic heterocycles. The zero-order chi connectivity index (χ0) is 45.5. The number of carbonyl (C=O) groups is 4. The lowest BCUT2D eigenvalue weighted by atomic mass is 9.93. The van der Waals surface area contributed by atoms with Crippen molar-refractivity contribution in [1.29, 1.82) is 0 Å². The lowest BCUT2D eigenvalue weighted by Gasteiger charge is -2.37. The van der Waals surface area contributed by atoms with Gasteiger partial charge in [-0.1, -0.05) is 83.9 Å². The number of nitrogens with zero attached hydrogens (tertiary/aromatic N) is 4. The molecule has 0 aliphatic carbocycles. The summed E-state index contributed by atoms with van der Waals surface area (Å²) in [5.74, 6) is -0.903. The number of carbonyl (C=O) groups excluding carboxylic acids is 2. The number of rotatable bonds is 11. The second-order valence-electron chi connectivity index (χ2n) is 15.8. The van der Waals surface area contributed by atoms with E-state index in [4.69, 9.17) is 37.4 Å². The van der Waals surface area contributed by atoms with Gasteiger partial charge < -0.3 is 39.1 Å². The van der Waals surface area contributed by atoms with Crippen LogP contribution in [0.1, 0.15) is 72.1 Å². The molecule has 64 heavy (non-hydrogen) atoms. The SMILES string of the molecule is COc1ccccc1-c1ncc(C(=O)N2[C@@H](c3ccccc3Cl)CC[C@H]2C(=O)O)cc1OC.COc1ccccc1N1CCC(C(=O)N2[C@@H](c3ccccc3Cl)CC[C@H]2C(=O)O)CC1. The molecule has 0 radical (unpaired) electrons. The van der Waals surface area contributed by atoms with Gasteiger partial charge in [0, 0.05) is 40.8 Å². The summed E-state index contributed by atoms with van der Waals surface area (Å²) in [6.45, 7) is 1.44. The molecule has 2 amide bonds. The summed E-state index contributed by atoms with van der Waals surface area (Å²) in [6, 6.07) is 28.9. The molecule has 0 spiro atoms. The van der Waals surface area contributed by atoms with E-state index in [-0.39, 0.29) is 23.4 Å². The molecule has 5 aromatic rings. The second-order valence-corrected chi connectivity index (χ2v) is 16.6. The number of ether oxygens (including phenoxy) is 3. The maximum absolute atomic E-state index is 13.6. The molecule has 0 bridgehead atoms. The van der Waals surface area contributed by atoms with Gasteiger partial charge in [0.15, 0.2) is 0 Å². The summed E-state index contributed by atoms with van der Waals surface area (Å²) in [7, 11) is 4.72. The fourth-order valence-electron chi connectivity index (χ4n) is 9.18. The Balaban J connectivity index is 0.000000192. The Morgan fingerprint density at radius 1 is 0.609 bits per heavy atom. The lowest BCUT2D eigenvalue weighted by Crippen LogP contribution is -2.47. The van der Waals surface area contributed by atoms with Crippen LogP contribution in [0.15, 0.2) is 109 Å². The van der Waals surface area contributed by atoms with Crippen molar-refractivity contribution in [2.75, 3.05) is 39.3 Å². The third-order valence-corrected chi connectivity index (χ3v) is 13.0. The van der Waals surface area contributed by atoms with Gasteiger partial charge in [-0.3, -0.25) is 14.6 Å². The summed E-state index contributed by atoms with van der Waals surface area (Å²) in [5.41, 5.74) is 4.04. The first-order valence-corrected chi connectivity index (χ1v) is 21.9. The predicted octanol–water partition coefficient (Wildman–Crippen LogP) is 9.23. The van der Waals surface area contributed by atoms with Gasteiger partial charge in [0.05, 0.1) is 44.7 Å². The molecule has 4 heterocycles. The van der Waals surface area contributed by atoms with E-state index in [1.165, 1.54) is 18.2 Å². The third-order valence-electron chi connectivity index (χ3n) is 12.3. The fraction of sp³-hybridized carbons (Fsp3) is 0.327. The van der Waals surface area contributed by atoms with Gasteiger partial charge in [-0.25, -0.2) is 9.59 Å². The molecule has 8 rings (SSSR count). The van der Waals surface area contributed by atoms with Crippen molar-refractivity contribution >= 4 is 52.6 Å². The molecule has 15 heteroatoms. The second kappa shape index (κ2) is 20.5. The standard InChI is InChI=1S/C25H23ClN2O5.C24H27ClN2O4/c1-32-21-10-6-4-8-17(21)23-22(33-2)13-15(14-27-23)24(29)28-19(11-12-20(28)25(30)31)16-7-3-5-9-18(16)26;1-31-22-9-5-4-8-20(22)26-14-12-16(13-15-26)23(28)27-19(10-11-21(27)24(29)30)17-6-2-3-7-18(17)25/h3-10,13-14,19-20H,11-12H2,1-2H3,(H,30,31);2-9,16,19,21H,10-15H2,1H3,(H,29,30)/t19-,20+;19-,21+/m11/s1. The van der Waals surface area contributed by atoms with Gasteiger partial charge in [-0.05, 0) is 92.1 Å². The van der Waals surface area contributed by atoms with Crippen molar-refractivity contribution in [1.82, 2.24) is 14.8 Å². The summed E-state index contributed by atoms with van der Waals surface area (Å²) in [6.07, 6.45) is 4.66. The monoisotopic (exact) mass is 908 g/mol. The number of pyridine rings is 1. The molecule has 4 aromatic carbocycles. The van der Waals surface area contributed by atoms with E-state index in [0.717, 1.165) is 41.2 Å². The first-order valence-electron chi connectivity index (χ1n) is 21.1. The molecule has 334 valence electrons. The number of piperidine rings is 1. The maximum atomic E-state index is 13.6. The highest BCUT2D eigenvalue weighted by Crippen LogP contribution is 2.43. The Morgan fingerprint density at radius 2 is 1.11 bits per heavy atom. The topological polar surface area (TPSA) is 159 Å². The minimum absolute atomic E-state index is 0.0745. The Morgan fingerprint density at radius 3 is 1.67 bits per heavy atom. The van der Waals surface area contributed by atoms with Crippen molar-refractivity contribution in [3.8, 4) is 28.5 Å². The Hall–Kier alpha value is -6.31. The molecule has 4 atom stereocenters. The number of halogens is 2. The van der Waals surface area contributed by atoms with E-state index in [0.29, 0.717) is 65.8 Å². The number of carboxylic acids is 2. The molecule has 0 unspecified atom stereocenters. The number of anilines is 1. The average Bonchev–Trinajstić information content (AvgIpc) is 3.98. The molecule has 3 saturated heterocycles. The van der Waals surface area contributed by atoms with E-state index >= 15 is 0 Å². The van der Waals surface area contributed by atoms with Crippen molar-refractivity contribution in [3.05, 3.63) is 136 Å². The van der Waals surface area contributed by atoms with Crippen LogP contribution >= 0.6 is 23.2 Å². The van der Waals surface area contributed by atoms with Crippen molar-refractivity contribution in [3.63, 3.8) is 0 Å². The Kier molecular flexibility index (Phi) is 14.6. The largest absolute Gasteiger partial charge is 0.496 e. The molecule has 0 saturated carbocycles. The van der Waals surface area contributed by atoms with Gasteiger partial charge in [0.1, 0.15) is 35.0 Å².